The Balaban J connectivity index is 1.63. The molecule has 0 radical (unpaired) electrons. The number of ether oxygens (including phenoxy) is 1. The van der Waals surface area contributed by atoms with Gasteiger partial charge in [0.15, 0.2) is 5.13 Å². The van der Waals surface area contributed by atoms with Crippen molar-refractivity contribution in [2.45, 2.75) is 32.0 Å². The second-order valence-electron chi connectivity index (χ2n) is 5.29. The van der Waals surface area contributed by atoms with Crippen LogP contribution in [-0.2, 0) is 13.0 Å². The van der Waals surface area contributed by atoms with Crippen LogP contribution in [0.5, 0.6) is 5.75 Å². The van der Waals surface area contributed by atoms with E-state index in [0.717, 1.165) is 18.7 Å². The molecule has 2 N–H and O–H groups in total. The molecule has 0 spiro atoms. The number of likely N-dealkylation sites (N-methyl/N-ethyl adjacent to an activating group) is 1. The quantitative estimate of drug-likeness (QED) is 0.940. The van der Waals surface area contributed by atoms with Gasteiger partial charge in [0, 0.05) is 30.1 Å². The summed E-state index contributed by atoms with van der Waals surface area (Å²) in [5.41, 5.74) is 6.98. The van der Waals surface area contributed by atoms with Gasteiger partial charge in [-0.05, 0) is 25.6 Å². The summed E-state index contributed by atoms with van der Waals surface area (Å²) < 4.78 is 6.05. The van der Waals surface area contributed by atoms with Gasteiger partial charge in [0.2, 0.25) is 0 Å². The van der Waals surface area contributed by atoms with Crippen molar-refractivity contribution in [3.63, 3.8) is 0 Å². The molecule has 2 atom stereocenters. The van der Waals surface area contributed by atoms with E-state index >= 15 is 0 Å². The first-order chi connectivity index (χ1) is 9.63. The maximum atomic E-state index is 6.05. The van der Waals surface area contributed by atoms with Crippen LogP contribution < -0.4 is 10.5 Å². The molecular formula is C15H19N3OS. The molecule has 1 aliphatic rings. The van der Waals surface area contributed by atoms with Crippen LogP contribution in [0.1, 0.15) is 17.4 Å². The lowest BCUT2D eigenvalue weighted by Crippen LogP contribution is -2.40. The lowest BCUT2D eigenvalue weighted by Gasteiger charge is -2.28. The van der Waals surface area contributed by atoms with Crippen molar-refractivity contribution < 1.29 is 4.74 Å². The number of fused-ring (bicyclic) bond motifs is 1. The van der Waals surface area contributed by atoms with Crippen LogP contribution in [0.2, 0.25) is 0 Å². The Morgan fingerprint density at radius 1 is 1.50 bits per heavy atom. The van der Waals surface area contributed by atoms with Crippen LogP contribution in [-0.4, -0.2) is 29.1 Å². The summed E-state index contributed by atoms with van der Waals surface area (Å²) in [5, 5.41) is 0.630. The lowest BCUT2D eigenvalue weighted by atomic mass is 10.0. The molecule has 0 saturated heterocycles. The van der Waals surface area contributed by atoms with Crippen molar-refractivity contribution in [2.75, 3.05) is 12.8 Å². The first kappa shape index (κ1) is 13.4. The fraction of sp³-hybridized carbons (Fsp3) is 0.400. The van der Waals surface area contributed by atoms with Gasteiger partial charge in [-0.1, -0.05) is 18.2 Å². The number of nitrogen functional groups attached to an aromatic ring is 1. The zero-order chi connectivity index (χ0) is 14.1. The molecule has 1 aliphatic heterocycles. The molecule has 2 heterocycles. The SMILES string of the molecule is CC(C1Cc2ccccc2O1)N(C)Cc1cnc(N)s1. The van der Waals surface area contributed by atoms with Crippen LogP contribution in [0.25, 0.3) is 0 Å². The van der Waals surface area contributed by atoms with Crippen molar-refractivity contribution in [1.29, 1.82) is 0 Å². The molecule has 1 aromatic heterocycles. The number of hydrogen-bond acceptors (Lipinski definition) is 5. The molecule has 0 fully saturated rings. The third-order valence-corrected chi connectivity index (χ3v) is 4.69. The summed E-state index contributed by atoms with van der Waals surface area (Å²) in [5.74, 6) is 1.03. The van der Waals surface area contributed by atoms with Gasteiger partial charge in [-0.25, -0.2) is 4.98 Å². The minimum absolute atomic E-state index is 0.211. The van der Waals surface area contributed by atoms with E-state index in [4.69, 9.17) is 10.5 Å². The highest BCUT2D eigenvalue weighted by Crippen LogP contribution is 2.31. The van der Waals surface area contributed by atoms with Gasteiger partial charge in [-0.15, -0.1) is 11.3 Å². The summed E-state index contributed by atoms with van der Waals surface area (Å²) in [7, 11) is 2.12. The number of benzene rings is 1. The van der Waals surface area contributed by atoms with Crippen molar-refractivity contribution in [3.05, 3.63) is 40.9 Å². The highest BCUT2D eigenvalue weighted by Gasteiger charge is 2.29. The van der Waals surface area contributed by atoms with Crippen LogP contribution in [0, 0.1) is 0 Å². The zero-order valence-electron chi connectivity index (χ0n) is 11.7. The van der Waals surface area contributed by atoms with E-state index in [-0.39, 0.29) is 6.10 Å². The third-order valence-electron chi connectivity index (χ3n) is 3.88. The zero-order valence-corrected chi connectivity index (χ0v) is 12.6. The van der Waals surface area contributed by atoms with E-state index in [1.807, 2.05) is 18.3 Å². The molecular weight excluding hydrogens is 270 g/mol. The standard InChI is InChI=1S/C15H19N3OS/c1-10(18(2)9-12-8-17-15(16)20-12)14-7-11-5-3-4-6-13(11)19-14/h3-6,8,10,14H,7,9H2,1-2H3,(H2,16,17). The lowest BCUT2D eigenvalue weighted by molar-refractivity contribution is 0.105. The Hall–Kier alpha value is -1.59. The molecule has 106 valence electrons. The van der Waals surface area contributed by atoms with Crippen LogP contribution in [0.4, 0.5) is 5.13 Å². The minimum Gasteiger partial charge on any atom is -0.488 e. The van der Waals surface area contributed by atoms with Gasteiger partial charge < -0.3 is 10.5 Å². The van der Waals surface area contributed by atoms with Crippen molar-refractivity contribution in [1.82, 2.24) is 9.88 Å². The first-order valence-electron chi connectivity index (χ1n) is 6.78. The summed E-state index contributed by atoms with van der Waals surface area (Å²) in [6.07, 6.45) is 3.04. The molecule has 4 nitrogen and oxygen atoms in total. The average Bonchev–Trinajstić information content (AvgIpc) is 3.03. The van der Waals surface area contributed by atoms with E-state index in [1.165, 1.54) is 10.4 Å². The fourth-order valence-electron chi connectivity index (χ4n) is 2.55. The maximum absolute atomic E-state index is 6.05. The highest BCUT2D eigenvalue weighted by atomic mass is 32.1. The van der Waals surface area contributed by atoms with Crippen molar-refractivity contribution >= 4 is 16.5 Å². The topological polar surface area (TPSA) is 51.4 Å². The molecule has 0 bridgehead atoms. The summed E-state index contributed by atoms with van der Waals surface area (Å²) in [6, 6.07) is 8.62. The molecule has 0 amide bonds. The summed E-state index contributed by atoms with van der Waals surface area (Å²) >= 11 is 1.55. The van der Waals surface area contributed by atoms with E-state index in [1.54, 1.807) is 11.3 Å². The summed E-state index contributed by atoms with van der Waals surface area (Å²) in [6.45, 7) is 3.06. The number of nitrogens with zero attached hydrogens (tertiary/aromatic N) is 2. The second-order valence-corrected chi connectivity index (χ2v) is 6.44. The second kappa shape index (κ2) is 5.42. The Kier molecular flexibility index (Phi) is 3.63. The van der Waals surface area contributed by atoms with E-state index in [9.17, 15) is 0 Å². The van der Waals surface area contributed by atoms with Gasteiger partial charge in [-0.3, -0.25) is 4.90 Å². The molecule has 3 rings (SSSR count). The van der Waals surface area contributed by atoms with Crippen LogP contribution in [0.3, 0.4) is 0 Å². The maximum Gasteiger partial charge on any atom is 0.180 e. The van der Waals surface area contributed by atoms with Crippen molar-refractivity contribution in [2.24, 2.45) is 0 Å². The number of thiazole rings is 1. The van der Waals surface area contributed by atoms with E-state index in [0.29, 0.717) is 11.2 Å². The molecule has 2 unspecified atom stereocenters. The number of anilines is 1. The van der Waals surface area contributed by atoms with E-state index < -0.39 is 0 Å². The van der Waals surface area contributed by atoms with Gasteiger partial charge in [0.05, 0.1) is 0 Å². The number of para-hydroxylation sites is 1. The Morgan fingerprint density at radius 2 is 2.30 bits per heavy atom. The average molecular weight is 289 g/mol. The van der Waals surface area contributed by atoms with Crippen LogP contribution >= 0.6 is 11.3 Å². The molecule has 1 aromatic carbocycles. The third kappa shape index (κ3) is 2.64. The Labute approximate surface area is 123 Å². The Bertz CT molecular complexity index is 573. The normalized spacial score (nSPS) is 18.9. The number of hydrogen-bond donors (Lipinski definition) is 1. The van der Waals surface area contributed by atoms with Crippen LogP contribution in [0.15, 0.2) is 30.5 Å². The predicted octanol–water partition coefficient (Wildman–Crippen LogP) is 2.55. The molecule has 2 aromatic rings. The monoisotopic (exact) mass is 289 g/mol. The fourth-order valence-corrected chi connectivity index (χ4v) is 3.29. The first-order valence-corrected chi connectivity index (χ1v) is 7.60. The molecule has 5 heteroatoms. The van der Waals surface area contributed by atoms with Gasteiger partial charge in [-0.2, -0.15) is 0 Å². The Morgan fingerprint density at radius 3 is 3.00 bits per heavy atom. The molecule has 0 saturated carbocycles. The number of rotatable bonds is 4. The van der Waals surface area contributed by atoms with Gasteiger partial charge in [0.25, 0.3) is 0 Å². The number of nitrogens with two attached hydrogens (primary N) is 1. The van der Waals surface area contributed by atoms with Gasteiger partial charge >= 0.3 is 0 Å². The van der Waals surface area contributed by atoms with Crippen molar-refractivity contribution in [3.8, 4) is 5.75 Å². The van der Waals surface area contributed by atoms with E-state index in [2.05, 4.69) is 36.0 Å². The largest absolute Gasteiger partial charge is 0.488 e. The predicted molar refractivity (Wildman–Crippen MR) is 82.0 cm³/mol. The summed E-state index contributed by atoms with van der Waals surface area (Å²) in [4.78, 5) is 7.58. The van der Waals surface area contributed by atoms with Gasteiger partial charge in [0.1, 0.15) is 11.9 Å². The number of aromatic nitrogens is 1. The highest BCUT2D eigenvalue weighted by molar-refractivity contribution is 7.15. The molecule has 0 aliphatic carbocycles. The smallest absolute Gasteiger partial charge is 0.180 e. The molecule has 20 heavy (non-hydrogen) atoms. The minimum atomic E-state index is 0.211.